The van der Waals surface area contributed by atoms with Crippen molar-refractivity contribution in [2.24, 2.45) is 39.7 Å². The van der Waals surface area contributed by atoms with Crippen molar-refractivity contribution in [2.45, 2.75) is 78.2 Å². The largest absolute Gasteiger partial charge is 0.480 e. The van der Waals surface area contributed by atoms with Crippen LogP contribution in [-0.4, -0.2) is 52.8 Å². The van der Waals surface area contributed by atoms with Crippen molar-refractivity contribution >= 4 is 23.4 Å². The second kappa shape index (κ2) is 9.44. The van der Waals surface area contributed by atoms with Crippen LogP contribution >= 0.6 is 0 Å². The summed E-state index contributed by atoms with van der Waals surface area (Å²) in [5.74, 6) is 0.619. The molecule has 3 N–H and O–H groups in total. The molecule has 3 fully saturated rings. The lowest BCUT2D eigenvalue weighted by Crippen LogP contribution is -2.51. The minimum absolute atomic E-state index is 0.144. The molecule has 4 rings (SSSR count). The van der Waals surface area contributed by atoms with Crippen molar-refractivity contribution in [1.82, 2.24) is 5.32 Å². The Labute approximate surface area is 201 Å². The zero-order valence-electron chi connectivity index (χ0n) is 20.5. The van der Waals surface area contributed by atoms with Gasteiger partial charge in [-0.3, -0.25) is 9.59 Å². The number of aliphatic carboxylic acids is 1. The van der Waals surface area contributed by atoms with Crippen LogP contribution in [0.3, 0.4) is 0 Å². The lowest BCUT2D eigenvalue weighted by Gasteiger charge is -2.58. The van der Waals surface area contributed by atoms with Crippen LogP contribution in [0.15, 0.2) is 16.8 Å². The highest BCUT2D eigenvalue weighted by atomic mass is 16.6. The van der Waals surface area contributed by atoms with Crippen LogP contribution < -0.4 is 5.32 Å². The lowest BCUT2D eigenvalue weighted by atomic mass is 9.46. The topological polar surface area (TPSA) is 125 Å². The van der Waals surface area contributed by atoms with Gasteiger partial charge < -0.3 is 20.4 Å². The predicted octanol–water partition coefficient (Wildman–Crippen LogP) is 3.09. The molecule has 1 amide bonds. The van der Waals surface area contributed by atoms with Gasteiger partial charge in [-0.15, -0.1) is 0 Å². The fourth-order valence-corrected chi connectivity index (χ4v) is 7.91. The van der Waals surface area contributed by atoms with E-state index in [0.29, 0.717) is 23.5 Å². The van der Waals surface area contributed by atoms with Gasteiger partial charge in [0.05, 0.1) is 12.3 Å². The summed E-state index contributed by atoms with van der Waals surface area (Å²) in [5, 5.41) is 24.3. The number of rotatable bonds is 7. The van der Waals surface area contributed by atoms with Crippen LogP contribution in [0, 0.1) is 34.5 Å². The highest BCUT2D eigenvalue weighted by Gasteiger charge is 2.59. The molecular weight excluding hydrogens is 436 g/mol. The Morgan fingerprint density at radius 2 is 1.91 bits per heavy atom. The number of nitrogens with zero attached hydrogens (tertiary/aromatic N) is 1. The predicted molar refractivity (Wildman–Crippen MR) is 126 cm³/mol. The Bertz CT molecular complexity index is 913. The first-order chi connectivity index (χ1) is 16.1. The highest BCUT2D eigenvalue weighted by Crippen LogP contribution is 2.66. The number of allylic oxidation sites excluding steroid dienone is 2. The quantitative estimate of drug-likeness (QED) is 0.487. The SMILES string of the molecule is CC(=O)[C@H]1CC[C@H]2[C@@H]3CCC4=C/C(=N/OCC(=O)N[C@H](CO)C(=O)O)CC[C@]4(C)[C@H]3CC[C@]12C. The van der Waals surface area contributed by atoms with E-state index in [-0.39, 0.29) is 16.7 Å². The number of Topliss-reactive ketones (excluding diaryl/α,β-unsaturated/α-hetero) is 1. The number of ketones is 1. The Kier molecular flexibility index (Phi) is 6.91. The van der Waals surface area contributed by atoms with Crippen molar-refractivity contribution in [3.05, 3.63) is 11.6 Å². The zero-order valence-corrected chi connectivity index (χ0v) is 20.5. The van der Waals surface area contributed by atoms with E-state index in [1.54, 1.807) is 6.92 Å². The van der Waals surface area contributed by atoms with E-state index in [1.807, 2.05) is 0 Å². The standard InChI is InChI=1S/C26H38N2O6/c1-15(30)19-6-7-20-18-5-4-16-12-17(28-34-14-23(31)27-22(13-29)24(32)33)8-10-25(16,2)21(18)9-11-26(19,20)3/h12,18-22,29H,4-11,13-14H2,1-3H3,(H,27,31)(H,32,33)/b28-17+/t18-,19+,20-,21-,22+,25-,26+/m0/s1. The van der Waals surface area contributed by atoms with Crippen molar-refractivity contribution in [3.63, 3.8) is 0 Å². The molecule has 188 valence electrons. The van der Waals surface area contributed by atoms with Crippen LogP contribution in [0.5, 0.6) is 0 Å². The first-order valence-electron chi connectivity index (χ1n) is 12.6. The van der Waals surface area contributed by atoms with Crippen molar-refractivity contribution < 1.29 is 29.4 Å². The summed E-state index contributed by atoms with van der Waals surface area (Å²) < 4.78 is 0. The van der Waals surface area contributed by atoms with Gasteiger partial charge in [-0.1, -0.05) is 24.6 Å². The normalized spacial score (nSPS) is 38.7. The number of hydrogen-bond donors (Lipinski definition) is 3. The van der Waals surface area contributed by atoms with Crippen LogP contribution in [0.25, 0.3) is 0 Å². The van der Waals surface area contributed by atoms with Gasteiger partial charge >= 0.3 is 5.97 Å². The summed E-state index contributed by atoms with van der Waals surface area (Å²) in [6.07, 6.45) is 10.6. The Morgan fingerprint density at radius 3 is 2.59 bits per heavy atom. The number of carboxylic acids is 1. The van der Waals surface area contributed by atoms with E-state index < -0.39 is 31.1 Å². The average Bonchev–Trinajstić information content (AvgIpc) is 3.15. The van der Waals surface area contributed by atoms with E-state index in [4.69, 9.17) is 15.1 Å². The minimum Gasteiger partial charge on any atom is -0.480 e. The van der Waals surface area contributed by atoms with Gasteiger partial charge in [0, 0.05) is 5.92 Å². The third kappa shape index (κ3) is 4.30. The molecule has 0 aromatic heterocycles. The fourth-order valence-electron chi connectivity index (χ4n) is 7.91. The summed E-state index contributed by atoms with van der Waals surface area (Å²) in [6, 6.07) is -1.35. The smallest absolute Gasteiger partial charge is 0.328 e. The molecule has 7 atom stereocenters. The third-order valence-corrected chi connectivity index (χ3v) is 9.66. The molecule has 0 radical (unpaired) electrons. The third-order valence-electron chi connectivity index (χ3n) is 9.66. The molecule has 8 heteroatoms. The van der Waals surface area contributed by atoms with Gasteiger partial charge in [0.25, 0.3) is 5.91 Å². The number of aliphatic hydroxyl groups is 1. The van der Waals surface area contributed by atoms with Crippen LogP contribution in [-0.2, 0) is 19.2 Å². The zero-order chi connectivity index (χ0) is 24.7. The number of carbonyl (C=O) groups is 3. The van der Waals surface area contributed by atoms with Gasteiger partial charge in [0.15, 0.2) is 6.61 Å². The highest BCUT2D eigenvalue weighted by molar-refractivity contribution is 5.96. The number of carboxylic acid groups (broad SMARTS) is 1. The summed E-state index contributed by atoms with van der Waals surface area (Å²) >= 11 is 0. The molecule has 4 aliphatic carbocycles. The summed E-state index contributed by atoms with van der Waals surface area (Å²) in [7, 11) is 0. The number of amides is 1. The van der Waals surface area contributed by atoms with E-state index in [0.717, 1.165) is 44.2 Å². The number of nitrogens with one attached hydrogen (secondary N) is 1. The van der Waals surface area contributed by atoms with Gasteiger partial charge in [-0.2, -0.15) is 0 Å². The molecule has 0 saturated heterocycles. The summed E-state index contributed by atoms with van der Waals surface area (Å²) in [6.45, 7) is 5.48. The summed E-state index contributed by atoms with van der Waals surface area (Å²) in [5.41, 5.74) is 2.54. The number of aliphatic hydroxyl groups excluding tert-OH is 1. The molecule has 3 saturated carbocycles. The molecule has 0 heterocycles. The van der Waals surface area contributed by atoms with Crippen molar-refractivity contribution in [1.29, 1.82) is 0 Å². The van der Waals surface area contributed by atoms with E-state index in [9.17, 15) is 14.4 Å². The number of hydrogen-bond acceptors (Lipinski definition) is 6. The van der Waals surface area contributed by atoms with Gasteiger partial charge in [0.1, 0.15) is 11.8 Å². The molecule has 0 unspecified atom stereocenters. The van der Waals surface area contributed by atoms with Crippen LogP contribution in [0.2, 0.25) is 0 Å². The van der Waals surface area contributed by atoms with Crippen molar-refractivity contribution in [2.75, 3.05) is 13.2 Å². The monoisotopic (exact) mass is 474 g/mol. The second-order valence-corrected chi connectivity index (χ2v) is 11.3. The minimum atomic E-state index is -1.35. The average molecular weight is 475 g/mol. The molecule has 0 bridgehead atoms. The Balaban J connectivity index is 1.41. The Morgan fingerprint density at radius 1 is 1.15 bits per heavy atom. The maximum Gasteiger partial charge on any atom is 0.328 e. The first-order valence-corrected chi connectivity index (χ1v) is 12.6. The van der Waals surface area contributed by atoms with E-state index >= 15 is 0 Å². The van der Waals surface area contributed by atoms with Gasteiger partial charge in [0.2, 0.25) is 0 Å². The van der Waals surface area contributed by atoms with Crippen molar-refractivity contribution in [3.8, 4) is 0 Å². The molecule has 0 aromatic carbocycles. The molecule has 0 spiro atoms. The Hall–Kier alpha value is -2.22. The molecule has 0 aliphatic heterocycles. The van der Waals surface area contributed by atoms with Gasteiger partial charge in [-0.25, -0.2) is 4.79 Å². The second-order valence-electron chi connectivity index (χ2n) is 11.3. The first kappa shape index (κ1) is 24.9. The lowest BCUT2D eigenvalue weighted by molar-refractivity contribution is -0.143. The maximum atomic E-state index is 12.3. The number of fused-ring (bicyclic) bond motifs is 5. The van der Waals surface area contributed by atoms with Gasteiger partial charge in [-0.05, 0) is 93.0 Å². The van der Waals surface area contributed by atoms with E-state index in [2.05, 4.69) is 30.4 Å². The number of oxime groups is 1. The van der Waals surface area contributed by atoms with Crippen LogP contribution in [0.4, 0.5) is 0 Å². The maximum absolute atomic E-state index is 12.3. The molecule has 8 nitrogen and oxygen atoms in total. The number of carbonyl (C=O) groups excluding carboxylic acids is 2. The molecule has 34 heavy (non-hydrogen) atoms. The van der Waals surface area contributed by atoms with Crippen LogP contribution in [0.1, 0.15) is 72.1 Å². The molecule has 0 aromatic rings. The molecular formula is C26H38N2O6. The molecule has 4 aliphatic rings. The van der Waals surface area contributed by atoms with E-state index in [1.165, 1.54) is 18.4 Å². The fraction of sp³-hybridized carbons (Fsp3) is 0.769. The summed E-state index contributed by atoms with van der Waals surface area (Å²) in [4.78, 5) is 40.3.